The van der Waals surface area contributed by atoms with Crippen LogP contribution in [0, 0.1) is 22.0 Å². The molecule has 2 heterocycles. The van der Waals surface area contributed by atoms with Gasteiger partial charge in [0.25, 0.3) is 0 Å². The first-order valence-corrected chi connectivity index (χ1v) is 6.54. The molecule has 1 aromatic heterocycles. The third-order valence-electron chi connectivity index (χ3n) is 3.42. The van der Waals surface area contributed by atoms with Crippen LogP contribution in [0.1, 0.15) is 20.3 Å². The van der Waals surface area contributed by atoms with Crippen molar-refractivity contribution in [3.05, 3.63) is 28.4 Å². The summed E-state index contributed by atoms with van der Waals surface area (Å²) in [6, 6.07) is 3.10. The Balaban J connectivity index is 1.90. The molecule has 1 aliphatic heterocycles. The molecule has 6 heteroatoms. The Kier molecular flexibility index (Phi) is 4.31. The van der Waals surface area contributed by atoms with Crippen molar-refractivity contribution in [1.29, 1.82) is 0 Å². The first-order valence-electron chi connectivity index (χ1n) is 6.54. The number of anilines is 1. The molecule has 0 bridgehead atoms. The highest BCUT2D eigenvalue weighted by Gasteiger charge is 2.30. The second-order valence-corrected chi connectivity index (χ2v) is 5.17. The third-order valence-corrected chi connectivity index (χ3v) is 3.42. The van der Waals surface area contributed by atoms with E-state index < -0.39 is 4.92 Å². The maximum absolute atomic E-state index is 10.5. The Bertz CT molecular complexity index is 433. The van der Waals surface area contributed by atoms with Gasteiger partial charge < -0.3 is 20.2 Å². The van der Waals surface area contributed by atoms with Crippen LogP contribution in [0.2, 0.25) is 0 Å². The molecule has 0 unspecified atom stereocenters. The first-order chi connectivity index (χ1) is 9.08. The quantitative estimate of drug-likeness (QED) is 0.653. The monoisotopic (exact) mass is 265 g/mol. The largest absolute Gasteiger partial charge is 0.382 e. The van der Waals surface area contributed by atoms with E-state index in [2.05, 4.69) is 24.1 Å². The Hall–Kier alpha value is -1.69. The molecule has 1 aromatic rings. The van der Waals surface area contributed by atoms with Crippen molar-refractivity contribution in [2.45, 2.75) is 26.4 Å². The SMILES string of the molecule is CC(C)[C@H]1OCC[C@H]1CNc1ccc([N+](=O)[O-])nc1. The number of nitrogens with zero attached hydrogens (tertiary/aromatic N) is 2. The number of hydrogen-bond acceptors (Lipinski definition) is 5. The lowest BCUT2D eigenvalue weighted by Crippen LogP contribution is -2.27. The molecule has 0 aromatic carbocycles. The number of aromatic nitrogens is 1. The molecule has 0 aliphatic carbocycles. The smallest absolute Gasteiger partial charge is 0.363 e. The van der Waals surface area contributed by atoms with Gasteiger partial charge in [0.05, 0.1) is 11.8 Å². The molecule has 1 N–H and O–H groups in total. The minimum Gasteiger partial charge on any atom is -0.382 e. The van der Waals surface area contributed by atoms with Crippen molar-refractivity contribution in [2.24, 2.45) is 11.8 Å². The van der Waals surface area contributed by atoms with Gasteiger partial charge in [-0.2, -0.15) is 0 Å². The number of hydrogen-bond donors (Lipinski definition) is 1. The molecule has 1 saturated heterocycles. The van der Waals surface area contributed by atoms with Crippen LogP contribution < -0.4 is 5.32 Å². The Morgan fingerprint density at radius 1 is 1.58 bits per heavy atom. The second-order valence-electron chi connectivity index (χ2n) is 5.17. The van der Waals surface area contributed by atoms with Crippen molar-refractivity contribution in [3.8, 4) is 0 Å². The highest BCUT2D eigenvalue weighted by atomic mass is 16.6. The Morgan fingerprint density at radius 3 is 2.95 bits per heavy atom. The molecule has 2 rings (SSSR count). The fourth-order valence-electron chi connectivity index (χ4n) is 2.46. The summed E-state index contributed by atoms with van der Waals surface area (Å²) in [6.45, 7) is 5.95. The zero-order chi connectivity index (χ0) is 13.8. The third kappa shape index (κ3) is 3.41. The Labute approximate surface area is 112 Å². The molecular formula is C13H19N3O3. The van der Waals surface area contributed by atoms with Crippen LogP contribution in [0.25, 0.3) is 0 Å². The number of pyridine rings is 1. The fraction of sp³-hybridized carbons (Fsp3) is 0.615. The average molecular weight is 265 g/mol. The summed E-state index contributed by atoms with van der Waals surface area (Å²) in [5, 5.41) is 13.8. The van der Waals surface area contributed by atoms with Gasteiger partial charge in [0.1, 0.15) is 0 Å². The molecule has 0 amide bonds. The van der Waals surface area contributed by atoms with Gasteiger partial charge in [0.15, 0.2) is 6.20 Å². The van der Waals surface area contributed by atoms with E-state index in [0.717, 1.165) is 25.3 Å². The van der Waals surface area contributed by atoms with E-state index in [-0.39, 0.29) is 5.82 Å². The topological polar surface area (TPSA) is 77.3 Å². The van der Waals surface area contributed by atoms with Gasteiger partial charge in [-0.1, -0.05) is 13.8 Å². The van der Waals surface area contributed by atoms with Crippen LogP contribution in [0.5, 0.6) is 0 Å². The summed E-state index contributed by atoms with van der Waals surface area (Å²) >= 11 is 0. The first kappa shape index (κ1) is 13.7. The molecule has 0 spiro atoms. The summed E-state index contributed by atoms with van der Waals surface area (Å²) < 4.78 is 5.72. The maximum atomic E-state index is 10.5. The lowest BCUT2D eigenvalue weighted by atomic mass is 9.93. The summed E-state index contributed by atoms with van der Waals surface area (Å²) in [4.78, 5) is 13.8. The summed E-state index contributed by atoms with van der Waals surface area (Å²) in [7, 11) is 0. The summed E-state index contributed by atoms with van der Waals surface area (Å²) in [5.41, 5.74) is 0.806. The van der Waals surface area contributed by atoms with E-state index >= 15 is 0 Å². The van der Waals surface area contributed by atoms with Crippen molar-refractivity contribution in [1.82, 2.24) is 4.98 Å². The predicted molar refractivity (Wildman–Crippen MR) is 72.1 cm³/mol. The van der Waals surface area contributed by atoms with Crippen molar-refractivity contribution in [2.75, 3.05) is 18.5 Å². The van der Waals surface area contributed by atoms with Gasteiger partial charge in [-0.3, -0.25) is 0 Å². The number of nitrogens with one attached hydrogen (secondary N) is 1. The van der Waals surface area contributed by atoms with E-state index in [0.29, 0.717) is 17.9 Å². The fourth-order valence-corrected chi connectivity index (χ4v) is 2.46. The summed E-state index contributed by atoms with van der Waals surface area (Å²) in [6.07, 6.45) is 2.84. The second kappa shape index (κ2) is 5.97. The van der Waals surface area contributed by atoms with Crippen molar-refractivity contribution >= 4 is 11.5 Å². The van der Waals surface area contributed by atoms with E-state index in [1.165, 1.54) is 12.3 Å². The van der Waals surface area contributed by atoms with Gasteiger partial charge in [0, 0.05) is 25.1 Å². The molecule has 2 atom stereocenters. The van der Waals surface area contributed by atoms with E-state index in [9.17, 15) is 10.1 Å². The molecule has 0 saturated carbocycles. The molecule has 0 radical (unpaired) electrons. The van der Waals surface area contributed by atoms with E-state index in [1.807, 2.05) is 0 Å². The highest BCUT2D eigenvalue weighted by molar-refractivity contribution is 5.43. The molecule has 1 aliphatic rings. The van der Waals surface area contributed by atoms with Crippen LogP contribution in [0.15, 0.2) is 18.3 Å². The number of rotatable bonds is 5. The van der Waals surface area contributed by atoms with Crippen LogP contribution in [0.4, 0.5) is 11.5 Å². The predicted octanol–water partition coefficient (Wildman–Crippen LogP) is 2.46. The van der Waals surface area contributed by atoms with Gasteiger partial charge >= 0.3 is 5.82 Å². The minimum atomic E-state index is -0.497. The zero-order valence-electron chi connectivity index (χ0n) is 11.2. The van der Waals surface area contributed by atoms with Gasteiger partial charge in [0.2, 0.25) is 0 Å². The molecule has 6 nitrogen and oxygen atoms in total. The van der Waals surface area contributed by atoms with Gasteiger partial charge in [-0.25, -0.2) is 0 Å². The maximum Gasteiger partial charge on any atom is 0.363 e. The molecule has 19 heavy (non-hydrogen) atoms. The van der Waals surface area contributed by atoms with Crippen LogP contribution in [-0.4, -0.2) is 29.2 Å². The lowest BCUT2D eigenvalue weighted by molar-refractivity contribution is -0.389. The minimum absolute atomic E-state index is 0.130. The summed E-state index contributed by atoms with van der Waals surface area (Å²) in [5.74, 6) is 0.856. The van der Waals surface area contributed by atoms with Crippen LogP contribution in [0.3, 0.4) is 0 Å². The highest BCUT2D eigenvalue weighted by Crippen LogP contribution is 2.27. The zero-order valence-corrected chi connectivity index (χ0v) is 11.2. The van der Waals surface area contributed by atoms with Gasteiger partial charge in [-0.15, -0.1) is 0 Å². The lowest BCUT2D eigenvalue weighted by Gasteiger charge is -2.22. The standard InChI is InChI=1S/C13H19N3O3/c1-9(2)13-10(5-6-19-13)7-14-11-3-4-12(15-8-11)16(17)18/h3-4,8-10,13-14H,5-7H2,1-2H3/t10-,13+/m0/s1. The number of nitro groups is 1. The molecule has 1 fully saturated rings. The van der Waals surface area contributed by atoms with Crippen molar-refractivity contribution in [3.63, 3.8) is 0 Å². The van der Waals surface area contributed by atoms with E-state index in [4.69, 9.17) is 4.74 Å². The van der Waals surface area contributed by atoms with E-state index in [1.54, 1.807) is 6.07 Å². The molecule has 104 valence electrons. The van der Waals surface area contributed by atoms with Gasteiger partial charge in [-0.05, 0) is 28.3 Å². The Morgan fingerprint density at radius 2 is 2.37 bits per heavy atom. The molecular weight excluding hydrogens is 246 g/mol. The average Bonchev–Trinajstić information content (AvgIpc) is 2.85. The van der Waals surface area contributed by atoms with Crippen LogP contribution in [-0.2, 0) is 4.74 Å². The number of ether oxygens (including phenoxy) is 1. The van der Waals surface area contributed by atoms with Crippen LogP contribution >= 0.6 is 0 Å². The normalized spacial score (nSPS) is 22.7. The van der Waals surface area contributed by atoms with Crippen molar-refractivity contribution < 1.29 is 9.66 Å².